The van der Waals surface area contributed by atoms with Gasteiger partial charge in [-0.3, -0.25) is 9.11 Å². The lowest BCUT2D eigenvalue weighted by Crippen LogP contribution is -2.33. The fraction of sp³-hybridized carbons (Fsp3) is 0.238. The van der Waals surface area contributed by atoms with Crippen LogP contribution in [0, 0.1) is 0 Å². The average Bonchev–Trinajstić information content (AvgIpc) is 3.23. The van der Waals surface area contributed by atoms with Crippen LogP contribution < -0.4 is 9.80 Å². The van der Waals surface area contributed by atoms with E-state index in [2.05, 4.69) is 0 Å². The summed E-state index contributed by atoms with van der Waals surface area (Å²) in [5.41, 5.74) is 1.95. The van der Waals surface area contributed by atoms with E-state index in [1.54, 1.807) is 47.4 Å². The Morgan fingerprint density at radius 2 is 1.57 bits per heavy atom. The molecule has 14 heteroatoms. The van der Waals surface area contributed by atoms with Crippen LogP contribution in [-0.2, 0) is 20.2 Å². The summed E-state index contributed by atoms with van der Waals surface area (Å²) in [7, 11) is -8.67. The first-order valence-corrected chi connectivity index (χ1v) is 15.8. The Kier molecular flexibility index (Phi) is 7.75. The summed E-state index contributed by atoms with van der Waals surface area (Å²) >= 11 is 15.0. The van der Waals surface area contributed by atoms with Gasteiger partial charge in [-0.25, -0.2) is 0 Å². The topological polar surface area (TPSA) is 115 Å². The third-order valence-corrected chi connectivity index (χ3v) is 9.15. The second kappa shape index (κ2) is 10.2. The number of fused-ring (bicyclic) bond motifs is 2. The molecule has 0 aromatic heterocycles. The molecule has 2 aliphatic heterocycles. The quantitative estimate of drug-likeness (QED) is 0.386. The van der Waals surface area contributed by atoms with Gasteiger partial charge in [0.25, 0.3) is 20.2 Å². The molecule has 0 radical (unpaired) electrons. The van der Waals surface area contributed by atoms with Gasteiger partial charge >= 0.3 is 0 Å². The molecule has 1 unspecified atom stereocenters. The summed E-state index contributed by atoms with van der Waals surface area (Å²) < 4.78 is 65.9. The number of anilines is 2. The molecule has 1 atom stereocenters. The molecular weight excluding hydrogens is 575 g/mol. The number of benzene rings is 2. The van der Waals surface area contributed by atoms with Crippen LogP contribution in [0.1, 0.15) is 13.3 Å². The fourth-order valence-corrected chi connectivity index (χ4v) is 7.82. The van der Waals surface area contributed by atoms with E-state index in [9.17, 15) is 25.9 Å². The van der Waals surface area contributed by atoms with Crippen LogP contribution in [0.25, 0.3) is 0 Å². The van der Waals surface area contributed by atoms with E-state index in [0.29, 0.717) is 32.9 Å². The zero-order valence-electron chi connectivity index (χ0n) is 18.1. The second-order valence-corrected chi connectivity index (χ2v) is 13.7. The van der Waals surface area contributed by atoms with Crippen molar-refractivity contribution in [1.29, 1.82) is 0 Å². The van der Waals surface area contributed by atoms with Crippen molar-refractivity contribution in [3.05, 3.63) is 69.2 Å². The Hall–Kier alpha value is -1.38. The molecule has 2 heterocycles. The van der Waals surface area contributed by atoms with Crippen molar-refractivity contribution in [3.63, 3.8) is 0 Å². The Bertz CT molecular complexity index is 1440. The van der Waals surface area contributed by atoms with E-state index in [4.69, 9.17) is 23.2 Å². The number of halogens is 2. The second-order valence-electron chi connectivity index (χ2n) is 7.73. The minimum atomic E-state index is -4.34. The smallest absolute Gasteiger partial charge is 0.283 e. The molecule has 2 aliphatic rings. The highest BCUT2D eigenvalue weighted by molar-refractivity contribution is 8.03. The Balaban J connectivity index is 1.72. The van der Waals surface area contributed by atoms with Gasteiger partial charge in [-0.15, -0.1) is 0 Å². The van der Waals surface area contributed by atoms with Crippen molar-refractivity contribution in [2.75, 3.05) is 21.6 Å². The van der Waals surface area contributed by atoms with Gasteiger partial charge in [0, 0.05) is 19.8 Å². The van der Waals surface area contributed by atoms with Gasteiger partial charge in [0.1, 0.15) is 5.88 Å². The van der Waals surface area contributed by atoms with Gasteiger partial charge in [0.05, 0.1) is 21.8 Å². The molecule has 0 spiro atoms. The summed E-state index contributed by atoms with van der Waals surface area (Å²) in [6.07, 6.45) is 4.21. The van der Waals surface area contributed by atoms with Crippen LogP contribution >= 0.6 is 46.7 Å². The van der Waals surface area contributed by atoms with Crippen LogP contribution in [0.5, 0.6) is 0 Å². The highest BCUT2D eigenvalue weighted by Gasteiger charge is 2.33. The summed E-state index contributed by atoms with van der Waals surface area (Å²) in [5.74, 6) is -1.26. The minimum Gasteiger partial charge on any atom is -0.338 e. The maximum Gasteiger partial charge on any atom is 0.283 e. The van der Waals surface area contributed by atoms with Crippen molar-refractivity contribution in [1.82, 2.24) is 0 Å². The lowest BCUT2D eigenvalue weighted by Gasteiger charge is -2.24. The molecule has 2 aromatic carbocycles. The average molecular weight is 596 g/mol. The first kappa shape index (κ1) is 26.7. The molecule has 0 saturated heterocycles. The number of rotatable bonds is 7. The predicted molar refractivity (Wildman–Crippen MR) is 143 cm³/mol. The molecule has 0 amide bonds. The summed E-state index contributed by atoms with van der Waals surface area (Å²) in [6.45, 7) is 1.91. The standard InChI is InChI=1S/C21H20Cl2N2O6S4/c1-2-13(7-20-24(11-34(26,27)28)16-9-14(22)3-5-18(16)32-20)8-21-25(12-35(29,30)31)17-10-15(23)4-6-19(17)33-21/h3-10,20H,2,11-12H2,1H3,(H,26,27,28)(H,29,30,31)/b13-7+,21-8-. The first-order valence-electron chi connectivity index (χ1n) is 10.1. The van der Waals surface area contributed by atoms with E-state index in [0.717, 1.165) is 15.4 Å². The van der Waals surface area contributed by atoms with E-state index in [1.807, 2.05) is 13.0 Å². The number of hydrogen-bond acceptors (Lipinski definition) is 8. The van der Waals surface area contributed by atoms with Crippen LogP contribution in [0.15, 0.2) is 68.9 Å². The summed E-state index contributed by atoms with van der Waals surface area (Å²) in [5, 5.41) is 0.969. The fourth-order valence-electron chi connectivity index (χ4n) is 3.68. The van der Waals surface area contributed by atoms with E-state index >= 15 is 0 Å². The third-order valence-electron chi connectivity index (χ3n) is 5.15. The maximum atomic E-state index is 11.7. The number of allylic oxidation sites excluding steroid dienone is 2. The van der Waals surface area contributed by atoms with Gasteiger partial charge in [-0.05, 0) is 60.5 Å². The summed E-state index contributed by atoms with van der Waals surface area (Å²) in [6, 6.07) is 10.2. The third kappa shape index (κ3) is 6.50. The normalized spacial score (nSPS) is 19.4. The molecule has 0 aliphatic carbocycles. The zero-order chi connectivity index (χ0) is 25.5. The van der Waals surface area contributed by atoms with Crippen LogP contribution in [0.2, 0.25) is 10.0 Å². The van der Waals surface area contributed by atoms with Crippen molar-refractivity contribution in [2.24, 2.45) is 0 Å². The van der Waals surface area contributed by atoms with Crippen molar-refractivity contribution >= 4 is 78.3 Å². The molecule has 2 aromatic rings. The first-order chi connectivity index (χ1) is 16.3. The molecule has 8 nitrogen and oxygen atoms in total. The predicted octanol–water partition coefficient (Wildman–Crippen LogP) is 5.71. The molecule has 0 saturated carbocycles. The number of thioether (sulfide) groups is 2. The van der Waals surface area contributed by atoms with Gasteiger partial charge in [0.15, 0.2) is 5.88 Å². The van der Waals surface area contributed by atoms with E-state index < -0.39 is 37.4 Å². The largest absolute Gasteiger partial charge is 0.338 e. The van der Waals surface area contributed by atoms with Crippen molar-refractivity contribution in [2.45, 2.75) is 28.5 Å². The molecule has 4 rings (SSSR count). The zero-order valence-corrected chi connectivity index (χ0v) is 22.9. The molecular formula is C21H20Cl2N2O6S4. The maximum absolute atomic E-state index is 11.7. The van der Waals surface area contributed by atoms with Crippen molar-refractivity contribution < 1.29 is 25.9 Å². The molecule has 2 N–H and O–H groups in total. The van der Waals surface area contributed by atoms with E-state index in [-0.39, 0.29) is 0 Å². The lowest BCUT2D eigenvalue weighted by atomic mass is 10.1. The monoisotopic (exact) mass is 594 g/mol. The molecule has 35 heavy (non-hydrogen) atoms. The SMILES string of the molecule is CCC(/C=C1\Sc2ccc(Cl)cc2N1CS(=O)(=O)O)=C\C1Sc2ccc(Cl)cc2N1CS(=O)(=O)O. The lowest BCUT2D eigenvalue weighted by molar-refractivity contribution is 0.480. The van der Waals surface area contributed by atoms with Gasteiger partial charge in [-0.2, -0.15) is 16.8 Å². The minimum absolute atomic E-state index is 0.428. The molecule has 0 fully saturated rings. The Labute approximate surface area is 222 Å². The number of hydrogen-bond donors (Lipinski definition) is 2. The van der Waals surface area contributed by atoms with Gasteiger partial charge in [0.2, 0.25) is 0 Å². The highest BCUT2D eigenvalue weighted by atomic mass is 35.5. The molecule has 188 valence electrons. The number of nitrogens with zero attached hydrogens (tertiary/aromatic N) is 2. The van der Waals surface area contributed by atoms with Crippen LogP contribution in [0.4, 0.5) is 11.4 Å². The van der Waals surface area contributed by atoms with E-state index in [1.165, 1.54) is 28.4 Å². The highest BCUT2D eigenvalue weighted by Crippen LogP contribution is 2.48. The van der Waals surface area contributed by atoms with Crippen LogP contribution in [-0.4, -0.2) is 43.1 Å². The van der Waals surface area contributed by atoms with Gasteiger partial charge in [-0.1, -0.05) is 53.6 Å². The van der Waals surface area contributed by atoms with Crippen molar-refractivity contribution in [3.8, 4) is 0 Å². The van der Waals surface area contributed by atoms with Gasteiger partial charge < -0.3 is 9.80 Å². The van der Waals surface area contributed by atoms with Crippen LogP contribution in [0.3, 0.4) is 0 Å². The summed E-state index contributed by atoms with van der Waals surface area (Å²) in [4.78, 5) is 4.61. The Morgan fingerprint density at radius 1 is 0.971 bits per heavy atom. The Morgan fingerprint density at radius 3 is 2.17 bits per heavy atom. The molecule has 0 bridgehead atoms.